The molecule has 0 aliphatic carbocycles. The predicted octanol–water partition coefficient (Wildman–Crippen LogP) is 4.70. The summed E-state index contributed by atoms with van der Waals surface area (Å²) in [4.78, 5) is 31.4. The number of anilines is 1. The topological polar surface area (TPSA) is 67.2 Å². The number of halogens is 1. The average molecular weight is 517 g/mol. The van der Waals surface area contributed by atoms with Crippen molar-refractivity contribution in [3.05, 3.63) is 68.9 Å². The number of carbonyl (C=O) groups excluding carboxylic acids is 1. The van der Waals surface area contributed by atoms with Gasteiger partial charge in [-0.3, -0.25) is 9.59 Å². The summed E-state index contributed by atoms with van der Waals surface area (Å²) in [5, 5.41) is 5.96. The third-order valence-corrected chi connectivity index (χ3v) is 8.45. The van der Waals surface area contributed by atoms with Crippen LogP contribution >= 0.6 is 46.9 Å². The lowest BCUT2D eigenvalue weighted by Crippen LogP contribution is -2.48. The van der Waals surface area contributed by atoms with Gasteiger partial charge in [0.15, 0.2) is 5.13 Å². The molecule has 1 saturated heterocycles. The van der Waals surface area contributed by atoms with E-state index in [1.807, 2.05) is 46.3 Å². The van der Waals surface area contributed by atoms with E-state index in [0.717, 1.165) is 47.3 Å². The number of pyridine rings is 1. The van der Waals surface area contributed by atoms with Gasteiger partial charge in [0.2, 0.25) is 5.91 Å². The molecule has 6 nitrogen and oxygen atoms in total. The number of fused-ring (bicyclic) bond motifs is 4. The van der Waals surface area contributed by atoms with Crippen molar-refractivity contribution in [1.82, 2.24) is 14.5 Å². The molecule has 2 aliphatic heterocycles. The third kappa shape index (κ3) is 5.01. The molecule has 2 aliphatic rings. The number of thiazole rings is 1. The van der Waals surface area contributed by atoms with Gasteiger partial charge in [-0.2, -0.15) is 0 Å². The van der Waals surface area contributed by atoms with Gasteiger partial charge < -0.3 is 14.8 Å². The Bertz CT molecular complexity index is 1270. The van der Waals surface area contributed by atoms with Crippen molar-refractivity contribution >= 4 is 62.3 Å². The molecule has 2 atom stereocenters. The fourth-order valence-corrected chi connectivity index (χ4v) is 6.44. The van der Waals surface area contributed by atoms with Gasteiger partial charge >= 0.3 is 0 Å². The Labute approximate surface area is 210 Å². The number of nitrogens with one attached hydrogen (secondary N) is 1. The molecule has 0 radical (unpaired) electrons. The van der Waals surface area contributed by atoms with E-state index in [4.69, 9.17) is 23.8 Å². The maximum absolute atomic E-state index is 12.5. The Hall–Kier alpha value is -2.20. The zero-order valence-electron chi connectivity index (χ0n) is 17.6. The molecule has 1 N–H and O–H groups in total. The Kier molecular flexibility index (Phi) is 6.56. The van der Waals surface area contributed by atoms with Crippen LogP contribution in [0, 0.1) is 5.92 Å². The minimum Gasteiger partial charge on any atom is -0.356 e. The van der Waals surface area contributed by atoms with Crippen molar-refractivity contribution in [2.75, 3.05) is 24.2 Å². The van der Waals surface area contributed by atoms with Crippen molar-refractivity contribution in [1.29, 1.82) is 0 Å². The van der Waals surface area contributed by atoms with Crippen molar-refractivity contribution in [3.8, 4) is 11.3 Å². The molecule has 1 fully saturated rings. The van der Waals surface area contributed by atoms with Crippen molar-refractivity contribution in [2.24, 2.45) is 5.92 Å². The molecular formula is C23H21ClN4O2S3. The quantitative estimate of drug-likeness (QED) is 0.507. The molecule has 170 valence electrons. The van der Waals surface area contributed by atoms with Gasteiger partial charge in [-0.05, 0) is 30.5 Å². The van der Waals surface area contributed by atoms with E-state index >= 15 is 0 Å². The van der Waals surface area contributed by atoms with Gasteiger partial charge in [-0.1, -0.05) is 53.8 Å². The Morgan fingerprint density at radius 1 is 1.24 bits per heavy atom. The van der Waals surface area contributed by atoms with Gasteiger partial charge in [0.05, 0.1) is 11.4 Å². The van der Waals surface area contributed by atoms with Crippen molar-refractivity contribution in [2.45, 2.75) is 18.9 Å². The van der Waals surface area contributed by atoms with Crippen LogP contribution < -0.4 is 10.9 Å². The highest BCUT2D eigenvalue weighted by Crippen LogP contribution is 2.36. The van der Waals surface area contributed by atoms with E-state index in [-0.39, 0.29) is 17.2 Å². The lowest BCUT2D eigenvalue weighted by molar-refractivity contribution is -0.113. The maximum Gasteiger partial charge on any atom is 0.250 e. The third-order valence-electron chi connectivity index (χ3n) is 5.94. The molecular weight excluding hydrogens is 496 g/mol. The number of rotatable bonds is 4. The number of carbonyl (C=O) groups is 1. The Morgan fingerprint density at radius 2 is 2.09 bits per heavy atom. The smallest absolute Gasteiger partial charge is 0.250 e. The summed E-state index contributed by atoms with van der Waals surface area (Å²) in [6, 6.07) is 13.0. The second kappa shape index (κ2) is 9.58. The van der Waals surface area contributed by atoms with E-state index in [2.05, 4.69) is 15.2 Å². The summed E-state index contributed by atoms with van der Waals surface area (Å²) in [7, 11) is 0. The SMILES string of the molecule is O=C(CSC(=S)N1C[C@H]2C[C@H](C1)c1cccc(=O)n1C2)Nc1nc(-c2cccc(Cl)c2)cs1. The van der Waals surface area contributed by atoms with Gasteiger partial charge in [0.1, 0.15) is 4.32 Å². The van der Waals surface area contributed by atoms with Crippen LogP contribution in [-0.2, 0) is 11.3 Å². The van der Waals surface area contributed by atoms with Gasteiger partial charge in [0.25, 0.3) is 5.56 Å². The largest absolute Gasteiger partial charge is 0.356 e. The Balaban J connectivity index is 1.16. The standard InChI is InChI=1S/C23H21ClN4O2S3/c24-17-4-1-3-15(8-17)18-12-32-22(25-18)26-20(29)13-33-23(31)27-9-14-7-16(11-27)19-5-2-6-21(30)28(19)10-14/h1-6,8,12,14,16H,7,9-11,13H2,(H,25,26,29)/t14-,16-/m1/s1. The van der Waals surface area contributed by atoms with E-state index in [1.165, 1.54) is 23.1 Å². The summed E-state index contributed by atoms with van der Waals surface area (Å²) < 4.78 is 2.64. The number of amides is 1. The number of piperidine rings is 1. The summed E-state index contributed by atoms with van der Waals surface area (Å²) in [5.41, 5.74) is 2.85. The van der Waals surface area contributed by atoms with Crippen molar-refractivity contribution < 1.29 is 4.79 Å². The molecule has 3 aromatic rings. The molecule has 2 aromatic heterocycles. The van der Waals surface area contributed by atoms with Crippen LogP contribution in [0.25, 0.3) is 11.3 Å². The highest BCUT2D eigenvalue weighted by atomic mass is 35.5. The number of nitrogens with zero attached hydrogens (tertiary/aromatic N) is 3. The molecule has 2 bridgehead atoms. The zero-order chi connectivity index (χ0) is 22.9. The van der Waals surface area contributed by atoms with Crippen LogP contribution in [0.3, 0.4) is 0 Å². The first-order valence-corrected chi connectivity index (χ1v) is 13.2. The molecule has 33 heavy (non-hydrogen) atoms. The van der Waals surface area contributed by atoms with Gasteiger partial charge in [-0.25, -0.2) is 4.98 Å². The van der Waals surface area contributed by atoms with Crippen LogP contribution in [0.15, 0.2) is 52.6 Å². The molecule has 0 saturated carbocycles. The minimum absolute atomic E-state index is 0.0741. The normalized spacial score (nSPS) is 19.1. The first kappa shape index (κ1) is 22.6. The Morgan fingerprint density at radius 3 is 2.94 bits per heavy atom. The molecule has 0 unspecified atom stereocenters. The number of benzene rings is 1. The van der Waals surface area contributed by atoms with Crippen LogP contribution in [0.5, 0.6) is 0 Å². The number of thiocarbonyl (C=S) groups is 1. The van der Waals surface area contributed by atoms with Gasteiger partial charge in [0, 0.05) is 53.3 Å². The summed E-state index contributed by atoms with van der Waals surface area (Å²) in [6.07, 6.45) is 1.08. The highest BCUT2D eigenvalue weighted by molar-refractivity contribution is 8.23. The van der Waals surface area contributed by atoms with Crippen LogP contribution in [-0.4, -0.2) is 43.5 Å². The maximum atomic E-state index is 12.5. The number of hydrogen-bond acceptors (Lipinski definition) is 6. The molecule has 10 heteroatoms. The molecule has 0 spiro atoms. The lowest BCUT2D eigenvalue weighted by Gasteiger charge is -2.43. The summed E-state index contributed by atoms with van der Waals surface area (Å²) in [5.74, 6) is 0.777. The number of aromatic nitrogens is 2. The number of hydrogen-bond donors (Lipinski definition) is 1. The molecule has 5 rings (SSSR count). The number of likely N-dealkylation sites (tertiary alicyclic amines) is 1. The van der Waals surface area contributed by atoms with E-state index in [9.17, 15) is 9.59 Å². The second-order valence-corrected chi connectivity index (χ2v) is 11.2. The minimum atomic E-state index is -0.136. The van der Waals surface area contributed by atoms with E-state index in [0.29, 0.717) is 22.0 Å². The van der Waals surface area contributed by atoms with Crippen LogP contribution in [0.1, 0.15) is 18.0 Å². The first-order valence-electron chi connectivity index (χ1n) is 10.6. The van der Waals surface area contributed by atoms with E-state index < -0.39 is 0 Å². The van der Waals surface area contributed by atoms with E-state index in [1.54, 1.807) is 6.07 Å². The predicted molar refractivity (Wildman–Crippen MR) is 139 cm³/mol. The van der Waals surface area contributed by atoms with Crippen LogP contribution in [0.2, 0.25) is 5.02 Å². The second-order valence-electron chi connectivity index (χ2n) is 8.25. The van der Waals surface area contributed by atoms with Crippen molar-refractivity contribution in [3.63, 3.8) is 0 Å². The zero-order valence-corrected chi connectivity index (χ0v) is 20.8. The first-order chi connectivity index (χ1) is 16.0. The molecule has 1 amide bonds. The highest BCUT2D eigenvalue weighted by Gasteiger charge is 2.35. The lowest BCUT2D eigenvalue weighted by atomic mass is 9.83. The monoisotopic (exact) mass is 516 g/mol. The van der Waals surface area contributed by atoms with Gasteiger partial charge in [-0.15, -0.1) is 11.3 Å². The fourth-order valence-electron chi connectivity index (χ4n) is 4.53. The van der Waals surface area contributed by atoms with Crippen LogP contribution in [0.4, 0.5) is 5.13 Å². The average Bonchev–Trinajstić information content (AvgIpc) is 3.26. The molecule has 1 aromatic carbocycles. The summed E-state index contributed by atoms with van der Waals surface area (Å²) in [6.45, 7) is 2.33. The number of thioether (sulfide) groups is 1. The fraction of sp³-hybridized carbons (Fsp3) is 0.304. The summed E-state index contributed by atoms with van der Waals surface area (Å²) >= 11 is 14.5. The molecule has 4 heterocycles.